The van der Waals surface area contributed by atoms with Gasteiger partial charge in [-0.1, -0.05) is 15.9 Å². The first-order valence-corrected chi connectivity index (χ1v) is 7.40. The molecular formula is C14H7BrIN3. The van der Waals surface area contributed by atoms with E-state index in [2.05, 4.69) is 54.6 Å². The number of nitrogens with one attached hydrogen (secondary N) is 1. The molecule has 92 valence electrons. The summed E-state index contributed by atoms with van der Waals surface area (Å²) in [7, 11) is 0. The van der Waals surface area contributed by atoms with Crippen LogP contribution in [0.1, 0.15) is 5.56 Å². The Balaban J connectivity index is 2.21. The number of rotatable bonds is 1. The van der Waals surface area contributed by atoms with Crippen molar-refractivity contribution in [3.63, 3.8) is 0 Å². The second kappa shape index (κ2) is 4.94. The standard InChI is InChI=1S/C14H7BrIN3/c15-9-2-3-11(16)10(6-9)14-18-12-4-1-8(7-17)5-13(12)19-14/h1-6H,(H,18,19). The highest BCUT2D eigenvalue weighted by molar-refractivity contribution is 14.1. The molecule has 1 heterocycles. The Morgan fingerprint density at radius 3 is 2.84 bits per heavy atom. The number of aromatic nitrogens is 2. The van der Waals surface area contributed by atoms with Crippen LogP contribution in [0.3, 0.4) is 0 Å². The molecule has 0 bridgehead atoms. The van der Waals surface area contributed by atoms with Crippen molar-refractivity contribution >= 4 is 49.6 Å². The van der Waals surface area contributed by atoms with Crippen molar-refractivity contribution in [2.45, 2.75) is 0 Å². The maximum atomic E-state index is 8.91. The van der Waals surface area contributed by atoms with Gasteiger partial charge in [0.15, 0.2) is 0 Å². The van der Waals surface area contributed by atoms with Gasteiger partial charge in [-0.05, 0) is 59.0 Å². The number of halogens is 2. The van der Waals surface area contributed by atoms with Gasteiger partial charge >= 0.3 is 0 Å². The molecule has 0 saturated carbocycles. The fourth-order valence-electron chi connectivity index (χ4n) is 1.89. The zero-order valence-electron chi connectivity index (χ0n) is 9.61. The SMILES string of the molecule is N#Cc1ccc2nc(-c3cc(Br)ccc3I)[nH]c2c1. The molecule has 0 saturated heterocycles. The summed E-state index contributed by atoms with van der Waals surface area (Å²) in [4.78, 5) is 7.84. The zero-order chi connectivity index (χ0) is 13.4. The molecule has 0 fully saturated rings. The van der Waals surface area contributed by atoms with Crippen LogP contribution in [0.25, 0.3) is 22.4 Å². The Kier molecular flexibility index (Phi) is 3.29. The van der Waals surface area contributed by atoms with Crippen molar-refractivity contribution < 1.29 is 0 Å². The quantitative estimate of drug-likeness (QED) is 0.587. The summed E-state index contributed by atoms with van der Waals surface area (Å²) in [6.45, 7) is 0. The molecule has 0 aliphatic rings. The summed E-state index contributed by atoms with van der Waals surface area (Å²) >= 11 is 5.76. The van der Waals surface area contributed by atoms with Crippen molar-refractivity contribution in [3.8, 4) is 17.5 Å². The number of benzene rings is 2. The largest absolute Gasteiger partial charge is 0.338 e. The molecule has 1 aromatic heterocycles. The van der Waals surface area contributed by atoms with Crippen LogP contribution < -0.4 is 0 Å². The molecule has 1 N–H and O–H groups in total. The minimum Gasteiger partial charge on any atom is -0.338 e. The number of imidazole rings is 1. The molecule has 3 aromatic rings. The van der Waals surface area contributed by atoms with Crippen LogP contribution in [-0.4, -0.2) is 9.97 Å². The lowest BCUT2D eigenvalue weighted by atomic mass is 10.2. The van der Waals surface area contributed by atoms with Crippen molar-refractivity contribution in [1.29, 1.82) is 5.26 Å². The Hall–Kier alpha value is -1.39. The molecule has 0 amide bonds. The Morgan fingerprint density at radius 1 is 1.21 bits per heavy atom. The average molecular weight is 424 g/mol. The molecule has 0 aliphatic heterocycles. The lowest BCUT2D eigenvalue weighted by Gasteiger charge is -2.01. The summed E-state index contributed by atoms with van der Waals surface area (Å²) in [5.41, 5.74) is 3.42. The Bertz CT molecular complexity index is 817. The monoisotopic (exact) mass is 423 g/mol. The highest BCUT2D eigenvalue weighted by atomic mass is 127. The van der Waals surface area contributed by atoms with E-state index >= 15 is 0 Å². The third-order valence-electron chi connectivity index (χ3n) is 2.79. The van der Waals surface area contributed by atoms with Gasteiger partial charge in [0, 0.05) is 13.6 Å². The molecule has 2 aromatic carbocycles. The average Bonchev–Trinajstić information content (AvgIpc) is 2.83. The van der Waals surface area contributed by atoms with E-state index in [0.29, 0.717) is 5.56 Å². The molecule has 0 unspecified atom stereocenters. The number of nitriles is 1. The van der Waals surface area contributed by atoms with Crippen LogP contribution in [0.5, 0.6) is 0 Å². The minimum atomic E-state index is 0.631. The second-order valence-electron chi connectivity index (χ2n) is 4.05. The van der Waals surface area contributed by atoms with E-state index in [-0.39, 0.29) is 0 Å². The van der Waals surface area contributed by atoms with E-state index in [1.165, 1.54) is 0 Å². The number of H-pyrrole nitrogens is 1. The van der Waals surface area contributed by atoms with Crippen LogP contribution in [0, 0.1) is 14.9 Å². The van der Waals surface area contributed by atoms with Gasteiger partial charge in [-0.2, -0.15) is 5.26 Å². The second-order valence-corrected chi connectivity index (χ2v) is 6.13. The summed E-state index contributed by atoms with van der Waals surface area (Å²) in [5.74, 6) is 0.816. The normalized spacial score (nSPS) is 10.6. The third-order valence-corrected chi connectivity index (χ3v) is 4.23. The number of aromatic amines is 1. The molecule has 3 nitrogen and oxygen atoms in total. The van der Waals surface area contributed by atoms with Crippen LogP contribution in [-0.2, 0) is 0 Å². The smallest absolute Gasteiger partial charge is 0.139 e. The topological polar surface area (TPSA) is 52.5 Å². The maximum absolute atomic E-state index is 8.91. The molecule has 0 spiro atoms. The molecule has 3 rings (SSSR count). The summed E-state index contributed by atoms with van der Waals surface area (Å²) < 4.78 is 2.14. The first-order chi connectivity index (χ1) is 9.17. The highest BCUT2D eigenvalue weighted by Gasteiger charge is 2.09. The van der Waals surface area contributed by atoms with E-state index in [1.807, 2.05) is 30.3 Å². The van der Waals surface area contributed by atoms with Gasteiger partial charge in [0.1, 0.15) is 5.82 Å². The fraction of sp³-hybridized carbons (Fsp3) is 0. The number of hydrogen-bond donors (Lipinski definition) is 1. The Morgan fingerprint density at radius 2 is 2.05 bits per heavy atom. The third kappa shape index (κ3) is 2.38. The lowest BCUT2D eigenvalue weighted by Crippen LogP contribution is -1.84. The maximum Gasteiger partial charge on any atom is 0.139 e. The van der Waals surface area contributed by atoms with Crippen LogP contribution in [0.2, 0.25) is 0 Å². The first kappa shape index (κ1) is 12.6. The molecule has 0 radical (unpaired) electrons. The van der Waals surface area contributed by atoms with E-state index in [1.54, 1.807) is 6.07 Å². The van der Waals surface area contributed by atoms with Gasteiger partial charge in [0.25, 0.3) is 0 Å². The van der Waals surface area contributed by atoms with Gasteiger partial charge in [-0.3, -0.25) is 0 Å². The van der Waals surface area contributed by atoms with E-state index < -0.39 is 0 Å². The van der Waals surface area contributed by atoms with Gasteiger partial charge in [-0.25, -0.2) is 4.98 Å². The summed E-state index contributed by atoms with van der Waals surface area (Å²) in [5, 5.41) is 8.91. The zero-order valence-corrected chi connectivity index (χ0v) is 13.4. The van der Waals surface area contributed by atoms with Crippen molar-refractivity contribution in [2.24, 2.45) is 0 Å². The van der Waals surface area contributed by atoms with E-state index in [0.717, 1.165) is 30.5 Å². The molecular weight excluding hydrogens is 417 g/mol. The summed E-state index contributed by atoms with van der Waals surface area (Å²) in [6.07, 6.45) is 0. The summed E-state index contributed by atoms with van der Waals surface area (Å²) in [6, 6.07) is 13.7. The predicted octanol–water partition coefficient (Wildman–Crippen LogP) is 4.47. The molecule has 19 heavy (non-hydrogen) atoms. The predicted molar refractivity (Wildman–Crippen MR) is 86.7 cm³/mol. The number of hydrogen-bond acceptors (Lipinski definition) is 2. The van der Waals surface area contributed by atoms with Crippen LogP contribution in [0.15, 0.2) is 40.9 Å². The number of nitrogens with zero attached hydrogens (tertiary/aromatic N) is 2. The van der Waals surface area contributed by atoms with Crippen molar-refractivity contribution in [2.75, 3.05) is 0 Å². The molecule has 0 aliphatic carbocycles. The highest BCUT2D eigenvalue weighted by Crippen LogP contribution is 2.28. The van der Waals surface area contributed by atoms with Gasteiger partial charge in [-0.15, -0.1) is 0 Å². The van der Waals surface area contributed by atoms with Gasteiger partial charge in [0.05, 0.1) is 22.7 Å². The molecule has 5 heteroatoms. The van der Waals surface area contributed by atoms with Gasteiger partial charge in [0.2, 0.25) is 0 Å². The van der Waals surface area contributed by atoms with Crippen molar-refractivity contribution in [3.05, 3.63) is 50.0 Å². The van der Waals surface area contributed by atoms with Crippen LogP contribution in [0.4, 0.5) is 0 Å². The Labute approximate surface area is 131 Å². The van der Waals surface area contributed by atoms with Gasteiger partial charge < -0.3 is 4.98 Å². The van der Waals surface area contributed by atoms with Crippen molar-refractivity contribution in [1.82, 2.24) is 9.97 Å². The molecule has 0 atom stereocenters. The lowest BCUT2D eigenvalue weighted by molar-refractivity contribution is 1.32. The van der Waals surface area contributed by atoms with E-state index in [4.69, 9.17) is 5.26 Å². The van der Waals surface area contributed by atoms with E-state index in [9.17, 15) is 0 Å². The first-order valence-electron chi connectivity index (χ1n) is 5.52. The number of fused-ring (bicyclic) bond motifs is 1. The minimum absolute atomic E-state index is 0.631. The van der Waals surface area contributed by atoms with Crippen LogP contribution >= 0.6 is 38.5 Å². The fourth-order valence-corrected chi connectivity index (χ4v) is 2.84.